The molecule has 0 aromatic heterocycles. The number of alkyl carbamates (subject to hydrolysis) is 1. The zero-order chi connectivity index (χ0) is 16.4. The summed E-state index contributed by atoms with van der Waals surface area (Å²) in [7, 11) is 0. The lowest BCUT2D eigenvalue weighted by Gasteiger charge is -2.32. The molecule has 23 heavy (non-hydrogen) atoms. The van der Waals surface area contributed by atoms with Gasteiger partial charge in [0.05, 0.1) is 0 Å². The smallest absolute Gasteiger partial charge is 0.407 e. The van der Waals surface area contributed by atoms with Crippen molar-refractivity contribution in [3.8, 4) is 0 Å². The van der Waals surface area contributed by atoms with Crippen LogP contribution in [0.5, 0.6) is 0 Å². The minimum atomic E-state index is -0.418. The van der Waals surface area contributed by atoms with E-state index in [4.69, 9.17) is 4.74 Å². The summed E-state index contributed by atoms with van der Waals surface area (Å²) in [5, 5.41) is 6.88. The molecular formula is C18H33N3O2. The van der Waals surface area contributed by atoms with Gasteiger partial charge in [0.2, 0.25) is 0 Å². The Hall–Kier alpha value is -0.810. The van der Waals surface area contributed by atoms with Crippen molar-refractivity contribution >= 4 is 6.09 Å². The lowest BCUT2D eigenvalue weighted by Crippen LogP contribution is -2.46. The van der Waals surface area contributed by atoms with Gasteiger partial charge >= 0.3 is 6.09 Å². The molecule has 1 heterocycles. The number of hydrogen-bond donors (Lipinski definition) is 2. The van der Waals surface area contributed by atoms with Crippen LogP contribution in [0.15, 0.2) is 0 Å². The number of hydrogen-bond acceptors (Lipinski definition) is 4. The first kappa shape index (κ1) is 17.0. The van der Waals surface area contributed by atoms with Crippen LogP contribution in [0.2, 0.25) is 0 Å². The van der Waals surface area contributed by atoms with Gasteiger partial charge < -0.3 is 15.4 Å². The summed E-state index contributed by atoms with van der Waals surface area (Å²) >= 11 is 0. The average Bonchev–Trinajstić information content (AvgIpc) is 3.20. The number of carbonyl (C=O) groups excluding carboxylic acids is 1. The highest BCUT2D eigenvalue weighted by Gasteiger charge is 2.35. The molecule has 1 aliphatic heterocycles. The molecule has 0 aromatic rings. The molecule has 0 radical (unpaired) electrons. The second kappa shape index (κ2) is 6.98. The van der Waals surface area contributed by atoms with E-state index in [1.165, 1.54) is 32.4 Å². The summed E-state index contributed by atoms with van der Waals surface area (Å²) in [4.78, 5) is 14.5. The van der Waals surface area contributed by atoms with Gasteiger partial charge in [0, 0.05) is 37.3 Å². The maximum absolute atomic E-state index is 11.8. The molecule has 0 spiro atoms. The molecule has 1 unspecified atom stereocenters. The Kier molecular flexibility index (Phi) is 5.16. The van der Waals surface area contributed by atoms with Crippen LogP contribution < -0.4 is 10.6 Å². The van der Waals surface area contributed by atoms with Crippen LogP contribution in [0.3, 0.4) is 0 Å². The highest BCUT2D eigenvalue weighted by atomic mass is 16.6. The summed E-state index contributed by atoms with van der Waals surface area (Å²) in [6.07, 6.45) is 8.26. The first-order valence-electron chi connectivity index (χ1n) is 9.39. The van der Waals surface area contributed by atoms with Crippen molar-refractivity contribution in [2.45, 2.75) is 95.5 Å². The third kappa shape index (κ3) is 5.35. The molecule has 0 aromatic carbocycles. The summed E-state index contributed by atoms with van der Waals surface area (Å²) in [5.41, 5.74) is -0.418. The van der Waals surface area contributed by atoms with Crippen molar-refractivity contribution in [3.05, 3.63) is 0 Å². The number of likely N-dealkylation sites (tertiary alicyclic amines) is 1. The second-order valence-corrected chi connectivity index (χ2v) is 8.57. The summed E-state index contributed by atoms with van der Waals surface area (Å²) < 4.78 is 5.34. The molecule has 3 aliphatic rings. The first-order valence-corrected chi connectivity index (χ1v) is 9.39. The number of ether oxygens (including phenoxy) is 1. The van der Waals surface area contributed by atoms with Gasteiger partial charge in [0.15, 0.2) is 0 Å². The van der Waals surface area contributed by atoms with E-state index in [-0.39, 0.29) is 12.1 Å². The summed E-state index contributed by atoms with van der Waals surface area (Å²) in [5.74, 6) is 0. The van der Waals surface area contributed by atoms with Gasteiger partial charge in [-0.05, 0) is 65.7 Å². The van der Waals surface area contributed by atoms with Crippen molar-refractivity contribution in [1.82, 2.24) is 15.5 Å². The highest BCUT2D eigenvalue weighted by molar-refractivity contribution is 5.68. The first-order chi connectivity index (χ1) is 10.9. The summed E-state index contributed by atoms with van der Waals surface area (Å²) in [6, 6.07) is 2.47. The zero-order valence-electron chi connectivity index (χ0n) is 14.9. The quantitative estimate of drug-likeness (QED) is 0.835. The van der Waals surface area contributed by atoms with E-state index < -0.39 is 5.60 Å². The number of nitrogens with one attached hydrogen (secondary N) is 2. The Morgan fingerprint density at radius 2 is 1.61 bits per heavy atom. The van der Waals surface area contributed by atoms with Gasteiger partial charge in [-0.2, -0.15) is 0 Å². The van der Waals surface area contributed by atoms with E-state index in [9.17, 15) is 4.79 Å². The average molecular weight is 323 g/mol. The second-order valence-electron chi connectivity index (χ2n) is 8.57. The largest absolute Gasteiger partial charge is 0.444 e. The standard InChI is InChI=1S/C18H33N3O2/c1-18(2,3)23-17(22)20-14-6-4-13(5-7-14)19-15-10-11-21(12-15)16-8-9-16/h13-16,19H,4-12H2,1-3H3,(H,20,22). The van der Waals surface area contributed by atoms with Crippen LogP contribution in [0.4, 0.5) is 4.79 Å². The van der Waals surface area contributed by atoms with Crippen molar-refractivity contribution in [2.24, 2.45) is 0 Å². The van der Waals surface area contributed by atoms with Gasteiger partial charge in [0.25, 0.3) is 0 Å². The Morgan fingerprint density at radius 1 is 0.957 bits per heavy atom. The molecule has 2 N–H and O–H groups in total. The predicted molar refractivity (Wildman–Crippen MR) is 91.5 cm³/mol. The van der Waals surface area contributed by atoms with Crippen molar-refractivity contribution in [3.63, 3.8) is 0 Å². The van der Waals surface area contributed by atoms with Gasteiger partial charge in [-0.3, -0.25) is 4.90 Å². The molecule has 1 amide bonds. The van der Waals surface area contributed by atoms with Crippen LogP contribution >= 0.6 is 0 Å². The van der Waals surface area contributed by atoms with Crippen LogP contribution in [-0.2, 0) is 4.74 Å². The van der Waals surface area contributed by atoms with Crippen LogP contribution in [0.25, 0.3) is 0 Å². The Morgan fingerprint density at radius 3 is 2.22 bits per heavy atom. The van der Waals surface area contributed by atoms with E-state index in [0.29, 0.717) is 12.1 Å². The normalized spacial score (nSPS) is 32.7. The molecule has 0 bridgehead atoms. The predicted octanol–water partition coefficient (Wildman–Crippen LogP) is 2.65. The number of amides is 1. The molecule has 5 heteroatoms. The van der Waals surface area contributed by atoms with Crippen molar-refractivity contribution < 1.29 is 9.53 Å². The Labute approximate surface area is 140 Å². The van der Waals surface area contributed by atoms with E-state index in [1.54, 1.807) is 0 Å². The van der Waals surface area contributed by atoms with Crippen LogP contribution in [0.1, 0.15) is 65.7 Å². The molecule has 2 saturated carbocycles. The fourth-order valence-electron chi connectivity index (χ4n) is 3.91. The number of rotatable bonds is 4. The molecule has 132 valence electrons. The molecular weight excluding hydrogens is 290 g/mol. The van der Waals surface area contributed by atoms with E-state index in [0.717, 1.165) is 31.7 Å². The van der Waals surface area contributed by atoms with Crippen LogP contribution in [0, 0.1) is 0 Å². The molecule has 5 nitrogen and oxygen atoms in total. The van der Waals surface area contributed by atoms with Gasteiger partial charge in [0.1, 0.15) is 5.60 Å². The Balaban J connectivity index is 1.33. The highest BCUT2D eigenvalue weighted by Crippen LogP contribution is 2.30. The maximum Gasteiger partial charge on any atom is 0.407 e. The third-order valence-electron chi connectivity index (χ3n) is 5.20. The Bertz CT molecular complexity index is 409. The van der Waals surface area contributed by atoms with Crippen LogP contribution in [-0.4, -0.2) is 53.9 Å². The van der Waals surface area contributed by atoms with E-state index in [1.807, 2.05) is 20.8 Å². The third-order valence-corrected chi connectivity index (χ3v) is 5.20. The fourth-order valence-corrected chi connectivity index (χ4v) is 3.91. The van der Waals surface area contributed by atoms with Crippen molar-refractivity contribution in [2.75, 3.05) is 13.1 Å². The molecule has 1 atom stereocenters. The zero-order valence-corrected chi connectivity index (χ0v) is 14.9. The van der Waals surface area contributed by atoms with E-state index >= 15 is 0 Å². The fraction of sp³-hybridized carbons (Fsp3) is 0.944. The molecule has 3 fully saturated rings. The minimum absolute atomic E-state index is 0.273. The van der Waals surface area contributed by atoms with Gasteiger partial charge in [-0.25, -0.2) is 4.79 Å². The number of nitrogens with zero attached hydrogens (tertiary/aromatic N) is 1. The maximum atomic E-state index is 11.8. The topological polar surface area (TPSA) is 53.6 Å². The van der Waals surface area contributed by atoms with Crippen molar-refractivity contribution in [1.29, 1.82) is 0 Å². The molecule has 3 rings (SSSR count). The molecule has 2 aliphatic carbocycles. The van der Waals surface area contributed by atoms with E-state index in [2.05, 4.69) is 15.5 Å². The SMILES string of the molecule is CC(C)(C)OC(=O)NC1CCC(NC2CCN(C3CC3)C2)CC1. The molecule has 1 saturated heterocycles. The van der Waals surface area contributed by atoms with Gasteiger partial charge in [-0.15, -0.1) is 0 Å². The minimum Gasteiger partial charge on any atom is -0.444 e. The lowest BCUT2D eigenvalue weighted by atomic mass is 9.90. The van der Waals surface area contributed by atoms with Gasteiger partial charge in [-0.1, -0.05) is 0 Å². The lowest BCUT2D eigenvalue weighted by molar-refractivity contribution is 0.0489. The monoisotopic (exact) mass is 323 g/mol. The summed E-state index contributed by atoms with van der Waals surface area (Å²) in [6.45, 7) is 8.22. The number of carbonyl (C=O) groups is 1.